The van der Waals surface area contributed by atoms with Crippen molar-refractivity contribution in [2.75, 3.05) is 0 Å². The zero-order valence-corrected chi connectivity index (χ0v) is 9.99. The molecule has 3 nitrogen and oxygen atoms in total. The van der Waals surface area contributed by atoms with Gasteiger partial charge in [-0.25, -0.2) is 0 Å². The van der Waals surface area contributed by atoms with Crippen molar-refractivity contribution in [1.82, 2.24) is 0 Å². The number of aromatic hydroxyl groups is 1. The third-order valence-electron chi connectivity index (χ3n) is 1.41. The van der Waals surface area contributed by atoms with Gasteiger partial charge in [-0.3, -0.25) is 0 Å². The fourth-order valence-electron chi connectivity index (χ4n) is 0.831. The van der Waals surface area contributed by atoms with Crippen molar-refractivity contribution in [1.29, 1.82) is 0 Å². The van der Waals surface area contributed by atoms with Crippen LogP contribution >= 0.6 is 34.4 Å². The molecular formula is C7H5B2IO3S. The molecule has 0 aliphatic carbocycles. The summed E-state index contributed by atoms with van der Waals surface area (Å²) in [6, 6.07) is 7.31. The summed E-state index contributed by atoms with van der Waals surface area (Å²) in [5, 5.41) is 9.12. The number of phenols is 1. The van der Waals surface area contributed by atoms with Gasteiger partial charge in [0.2, 0.25) is 0 Å². The summed E-state index contributed by atoms with van der Waals surface area (Å²) in [5.74, 6) is -0.465. The standard InChI is InChI=1S/C7H5B2IO3S/c10-9(8-14)13-7(12)5-2-1-3-6(11)4-5/h1-4,11H. The van der Waals surface area contributed by atoms with Crippen LogP contribution in [0.2, 0.25) is 0 Å². The van der Waals surface area contributed by atoms with Crippen molar-refractivity contribution in [2.24, 2.45) is 0 Å². The van der Waals surface area contributed by atoms with E-state index < -0.39 is 10.6 Å². The van der Waals surface area contributed by atoms with E-state index in [0.717, 1.165) is 0 Å². The molecule has 1 rings (SSSR count). The van der Waals surface area contributed by atoms with Crippen molar-refractivity contribution < 1.29 is 14.6 Å². The molecule has 0 unspecified atom stereocenters. The van der Waals surface area contributed by atoms with Crippen molar-refractivity contribution >= 4 is 51.1 Å². The number of hydrogen-bond acceptors (Lipinski definition) is 4. The molecule has 0 amide bonds. The Morgan fingerprint density at radius 1 is 1.64 bits per heavy atom. The van der Waals surface area contributed by atoms with Crippen molar-refractivity contribution in [3.63, 3.8) is 0 Å². The maximum atomic E-state index is 11.4. The summed E-state index contributed by atoms with van der Waals surface area (Å²) in [7, 11) is 0. The Kier molecular flexibility index (Phi) is 4.53. The first kappa shape index (κ1) is 11.6. The fraction of sp³-hybridized carbons (Fsp3) is 0. The average molecular weight is 318 g/mol. The van der Waals surface area contributed by atoms with E-state index in [1.54, 1.807) is 12.1 Å². The van der Waals surface area contributed by atoms with E-state index in [1.165, 1.54) is 18.2 Å². The van der Waals surface area contributed by atoms with Crippen LogP contribution in [-0.2, 0) is 4.65 Å². The Balaban J connectivity index is 2.74. The molecule has 0 atom stereocenters. The first-order valence-corrected chi connectivity index (χ1v) is 5.44. The van der Waals surface area contributed by atoms with Crippen LogP contribution in [0, 0.1) is 0 Å². The van der Waals surface area contributed by atoms with Gasteiger partial charge in [0.1, 0.15) is 0 Å². The van der Waals surface area contributed by atoms with Gasteiger partial charge in [-0.05, 0) is 0 Å². The molecule has 1 N–H and O–H groups in total. The minimum atomic E-state index is -0.499. The van der Waals surface area contributed by atoms with Crippen LogP contribution in [0.25, 0.3) is 0 Å². The predicted molar refractivity (Wildman–Crippen MR) is 66.6 cm³/mol. The number of rotatable bonds is 3. The van der Waals surface area contributed by atoms with Gasteiger partial charge in [0.15, 0.2) is 0 Å². The molecule has 0 aliphatic heterocycles. The van der Waals surface area contributed by atoms with E-state index in [4.69, 9.17) is 9.76 Å². The normalized spacial score (nSPS) is 8.93. The summed E-state index contributed by atoms with van der Waals surface area (Å²) >= 11 is 6.50. The zero-order chi connectivity index (χ0) is 10.6. The van der Waals surface area contributed by atoms with Crippen LogP contribution in [0.1, 0.15) is 10.4 Å². The molecular weight excluding hydrogens is 313 g/mol. The first-order chi connectivity index (χ1) is 6.63. The van der Waals surface area contributed by atoms with E-state index >= 15 is 0 Å². The molecule has 0 bridgehead atoms. The molecule has 1 aromatic carbocycles. The van der Waals surface area contributed by atoms with Crippen LogP contribution in [0.4, 0.5) is 0 Å². The Hall–Kier alpha value is -0.430. The van der Waals surface area contributed by atoms with Crippen LogP contribution in [0.3, 0.4) is 0 Å². The van der Waals surface area contributed by atoms with Crippen molar-refractivity contribution in [3.05, 3.63) is 29.8 Å². The third-order valence-corrected chi connectivity index (χ3v) is 2.76. The average Bonchev–Trinajstić information content (AvgIpc) is 2.17. The van der Waals surface area contributed by atoms with E-state index in [9.17, 15) is 4.79 Å². The monoisotopic (exact) mass is 318 g/mol. The summed E-state index contributed by atoms with van der Waals surface area (Å²) in [6.07, 6.45) is 0. The molecule has 0 radical (unpaired) electrons. The summed E-state index contributed by atoms with van der Waals surface area (Å²) in [4.78, 5) is 11.4. The molecule has 0 aromatic heterocycles. The maximum absolute atomic E-state index is 11.4. The van der Waals surface area contributed by atoms with Gasteiger partial charge in [0, 0.05) is 0 Å². The van der Waals surface area contributed by atoms with Gasteiger partial charge in [0.25, 0.3) is 0 Å². The van der Waals surface area contributed by atoms with Crippen LogP contribution in [0.5, 0.6) is 5.75 Å². The summed E-state index contributed by atoms with van der Waals surface area (Å²) in [6.45, 7) is 0. The van der Waals surface area contributed by atoms with E-state index in [1.807, 2.05) is 22.4 Å². The molecule has 0 fully saturated rings. The second-order valence-electron chi connectivity index (χ2n) is 2.44. The molecule has 0 aliphatic rings. The van der Waals surface area contributed by atoms with E-state index in [-0.39, 0.29) is 5.75 Å². The Labute approximate surface area is 101 Å². The molecule has 0 heterocycles. The van der Waals surface area contributed by atoms with E-state index in [0.29, 0.717) is 5.56 Å². The predicted octanol–water partition coefficient (Wildman–Crippen LogP) is 1.79. The second kappa shape index (κ2) is 5.45. The molecule has 70 valence electrons. The molecule has 1 aromatic rings. The van der Waals surface area contributed by atoms with E-state index in [2.05, 4.69) is 12.1 Å². The number of hydrogen-bond donors (Lipinski definition) is 1. The third kappa shape index (κ3) is 3.38. The fourth-order valence-corrected chi connectivity index (χ4v) is 1.12. The first-order valence-electron chi connectivity index (χ1n) is 3.73. The molecule has 0 spiro atoms. The Morgan fingerprint density at radius 2 is 2.36 bits per heavy atom. The number of benzene rings is 1. The van der Waals surface area contributed by atoms with Gasteiger partial charge >= 0.3 is 101 Å². The molecule has 14 heavy (non-hydrogen) atoms. The van der Waals surface area contributed by atoms with Crippen molar-refractivity contribution in [2.45, 2.75) is 0 Å². The molecule has 0 saturated carbocycles. The van der Waals surface area contributed by atoms with Gasteiger partial charge < -0.3 is 0 Å². The summed E-state index contributed by atoms with van der Waals surface area (Å²) in [5.41, 5.74) is 0.309. The quantitative estimate of drug-likeness (QED) is 0.682. The topological polar surface area (TPSA) is 46.5 Å². The van der Waals surface area contributed by atoms with Gasteiger partial charge in [-0.15, -0.1) is 0 Å². The Morgan fingerprint density at radius 3 is 2.93 bits per heavy atom. The van der Waals surface area contributed by atoms with Crippen LogP contribution < -0.4 is 0 Å². The number of carbonyl (C=O) groups excluding carboxylic acids is 1. The van der Waals surface area contributed by atoms with Gasteiger partial charge in [0.05, 0.1) is 0 Å². The number of halogens is 1. The van der Waals surface area contributed by atoms with Gasteiger partial charge in [-0.2, -0.15) is 0 Å². The van der Waals surface area contributed by atoms with Gasteiger partial charge in [-0.1, -0.05) is 0 Å². The molecule has 0 saturated heterocycles. The summed E-state index contributed by atoms with van der Waals surface area (Å²) < 4.78 is 4.48. The van der Waals surface area contributed by atoms with Crippen LogP contribution in [0.15, 0.2) is 24.3 Å². The number of carbonyl (C=O) groups is 1. The van der Waals surface area contributed by atoms with Crippen molar-refractivity contribution in [3.8, 4) is 5.75 Å². The molecule has 7 heteroatoms. The number of phenolic OH excluding ortho intramolecular Hbond substituents is 1. The van der Waals surface area contributed by atoms with Crippen LogP contribution in [-0.4, -0.2) is 21.8 Å². The Bertz CT molecular complexity index is 361. The SMILES string of the molecule is O=C(OB(I)B=S)c1cccc(O)c1. The zero-order valence-electron chi connectivity index (χ0n) is 7.01. The minimum absolute atomic E-state index is 0.0341. The second-order valence-corrected chi connectivity index (χ2v) is 3.94.